The summed E-state index contributed by atoms with van der Waals surface area (Å²) in [6, 6.07) is 40.6. The Morgan fingerprint density at radius 1 is 0.373 bits per heavy atom. The molecule has 0 radical (unpaired) electrons. The summed E-state index contributed by atoms with van der Waals surface area (Å²) in [5, 5.41) is 8.22. The highest BCUT2D eigenvalue weighted by atomic mass is 16.3. The van der Waals surface area contributed by atoms with Crippen molar-refractivity contribution in [3.8, 4) is 33.4 Å². The van der Waals surface area contributed by atoms with E-state index in [1.165, 1.54) is 0 Å². The van der Waals surface area contributed by atoms with Crippen molar-refractivity contribution in [3.63, 3.8) is 0 Å². The Morgan fingerprint density at radius 3 is 1.55 bits per heavy atom. The van der Waals surface area contributed by atoms with Gasteiger partial charge < -0.3 is 4.42 Å². The van der Waals surface area contributed by atoms with Crippen molar-refractivity contribution in [1.29, 1.82) is 0 Å². The standard InChI is InChI=1S/C50H30O/c1-3-16-35-31(12-1)14-9-23-38(35)47-39-18-5-7-20-41(39)48(42-21-8-6-19-40(42)47)43-24-10-15-33-26-27-34(30-45(33)43)37-22-11-25-44-49-36-17-4-2-13-32(36)28-29-46(49)51-50(37)44/h1-30H/i5D,6D,7D,8D,18D,19D,20D,21D. The number of hydrogen-bond acceptors (Lipinski definition) is 1. The summed E-state index contributed by atoms with van der Waals surface area (Å²) in [5.41, 5.74) is 5.05. The molecule has 0 atom stereocenters. The smallest absolute Gasteiger partial charge is 0.143 e. The van der Waals surface area contributed by atoms with E-state index in [2.05, 4.69) is 24.3 Å². The predicted octanol–water partition coefficient (Wildman–Crippen LogP) is 14.4. The molecule has 0 saturated carbocycles. The van der Waals surface area contributed by atoms with Gasteiger partial charge >= 0.3 is 0 Å². The Bertz CT molecular complexity index is 3580. The van der Waals surface area contributed by atoms with Gasteiger partial charge in [-0.1, -0.05) is 170 Å². The second-order valence-corrected chi connectivity index (χ2v) is 13.0. The molecule has 10 aromatic carbocycles. The zero-order chi connectivity index (χ0) is 40.4. The minimum absolute atomic E-state index is 0.181. The van der Waals surface area contributed by atoms with E-state index in [0.29, 0.717) is 22.3 Å². The Balaban J connectivity index is 1.30. The van der Waals surface area contributed by atoms with Gasteiger partial charge in [0.2, 0.25) is 0 Å². The summed E-state index contributed by atoms with van der Waals surface area (Å²) in [7, 11) is 0. The molecule has 0 amide bonds. The third-order valence-corrected chi connectivity index (χ3v) is 10.3. The zero-order valence-electron chi connectivity index (χ0n) is 35.1. The van der Waals surface area contributed by atoms with Crippen LogP contribution < -0.4 is 0 Å². The first-order chi connectivity index (χ1) is 28.6. The van der Waals surface area contributed by atoms with Crippen LogP contribution in [-0.4, -0.2) is 0 Å². The van der Waals surface area contributed by atoms with Crippen LogP contribution in [-0.2, 0) is 0 Å². The lowest BCUT2D eigenvalue weighted by Crippen LogP contribution is -1.92. The van der Waals surface area contributed by atoms with Crippen LogP contribution in [0.4, 0.5) is 0 Å². The molecule has 0 aliphatic carbocycles. The summed E-state index contributed by atoms with van der Waals surface area (Å²) in [6.45, 7) is 0. The normalized spacial score (nSPS) is 14.1. The lowest BCUT2D eigenvalue weighted by Gasteiger charge is -2.20. The fraction of sp³-hybridized carbons (Fsp3) is 0. The molecular weight excluding hydrogens is 617 g/mol. The minimum atomic E-state index is -0.433. The number of rotatable bonds is 3. The van der Waals surface area contributed by atoms with Crippen molar-refractivity contribution in [2.24, 2.45) is 0 Å². The van der Waals surface area contributed by atoms with Gasteiger partial charge in [-0.15, -0.1) is 0 Å². The van der Waals surface area contributed by atoms with Crippen molar-refractivity contribution in [1.82, 2.24) is 0 Å². The number of para-hydroxylation sites is 1. The summed E-state index contributed by atoms with van der Waals surface area (Å²) in [4.78, 5) is 0. The second kappa shape index (κ2) is 10.9. The number of hydrogen-bond donors (Lipinski definition) is 0. The second-order valence-electron chi connectivity index (χ2n) is 13.0. The average molecular weight is 655 g/mol. The average Bonchev–Trinajstić information content (AvgIpc) is 3.67. The third kappa shape index (κ3) is 4.16. The summed E-state index contributed by atoms with van der Waals surface area (Å²) < 4.78 is 80.3. The quantitative estimate of drug-likeness (QED) is 0.173. The Hall–Kier alpha value is -6.70. The molecule has 0 fully saturated rings. The molecule has 1 nitrogen and oxygen atoms in total. The highest BCUT2D eigenvalue weighted by molar-refractivity contribution is 6.26. The molecule has 0 aliphatic rings. The largest absolute Gasteiger partial charge is 0.455 e. The molecule has 1 aromatic heterocycles. The van der Waals surface area contributed by atoms with Gasteiger partial charge in [-0.05, 0) is 93.8 Å². The molecule has 1 heteroatoms. The van der Waals surface area contributed by atoms with Crippen LogP contribution >= 0.6 is 0 Å². The SMILES string of the molecule is [2H]c1c([2H])c([2H])c2c(-c3cccc4ccc(-c5cccc6c5oc5ccc7ccccc7c56)cc34)c3c([2H])c([2H])c([2H])c([2H])c3c(-c3cccc4ccccc34)c2c1[2H]. The van der Waals surface area contributed by atoms with Crippen molar-refractivity contribution in [3.05, 3.63) is 182 Å². The van der Waals surface area contributed by atoms with Crippen molar-refractivity contribution in [2.45, 2.75) is 0 Å². The molecule has 0 spiro atoms. The number of fused-ring (bicyclic) bond motifs is 9. The van der Waals surface area contributed by atoms with Crippen molar-refractivity contribution in [2.75, 3.05) is 0 Å². The first-order valence-corrected chi connectivity index (χ1v) is 16.9. The highest BCUT2D eigenvalue weighted by Gasteiger charge is 2.20. The Kier molecular flexibility index (Phi) is 4.57. The van der Waals surface area contributed by atoms with E-state index in [1.54, 1.807) is 0 Å². The van der Waals surface area contributed by atoms with Crippen molar-refractivity contribution < 1.29 is 15.4 Å². The monoisotopic (exact) mass is 654 g/mol. The van der Waals surface area contributed by atoms with Crippen LogP contribution in [0.25, 0.3) is 109 Å². The first-order valence-electron chi connectivity index (χ1n) is 20.9. The van der Waals surface area contributed by atoms with E-state index in [4.69, 9.17) is 9.90 Å². The van der Waals surface area contributed by atoms with Gasteiger partial charge in [-0.2, -0.15) is 0 Å². The van der Waals surface area contributed by atoms with Crippen LogP contribution in [0.15, 0.2) is 186 Å². The molecule has 0 unspecified atom stereocenters. The van der Waals surface area contributed by atoms with E-state index in [9.17, 15) is 5.48 Å². The molecule has 236 valence electrons. The number of benzene rings is 10. The van der Waals surface area contributed by atoms with E-state index < -0.39 is 24.2 Å². The fourth-order valence-corrected chi connectivity index (χ4v) is 8.06. The molecule has 0 saturated heterocycles. The van der Waals surface area contributed by atoms with Gasteiger partial charge in [0.05, 0.1) is 11.0 Å². The maximum atomic E-state index is 9.52. The predicted molar refractivity (Wildman–Crippen MR) is 218 cm³/mol. The van der Waals surface area contributed by atoms with Gasteiger partial charge in [0.15, 0.2) is 0 Å². The van der Waals surface area contributed by atoms with Gasteiger partial charge in [0.1, 0.15) is 11.2 Å². The minimum Gasteiger partial charge on any atom is -0.455 e. The van der Waals surface area contributed by atoms with Gasteiger partial charge in [0.25, 0.3) is 0 Å². The van der Waals surface area contributed by atoms with E-state index in [1.807, 2.05) is 109 Å². The maximum Gasteiger partial charge on any atom is 0.143 e. The topological polar surface area (TPSA) is 13.1 Å². The third-order valence-electron chi connectivity index (χ3n) is 10.3. The zero-order valence-corrected chi connectivity index (χ0v) is 27.1. The summed E-state index contributed by atoms with van der Waals surface area (Å²) in [5.74, 6) is 0. The molecule has 1 heterocycles. The van der Waals surface area contributed by atoms with Crippen LogP contribution in [0.3, 0.4) is 0 Å². The van der Waals surface area contributed by atoms with Crippen LogP contribution in [0, 0.1) is 0 Å². The van der Waals surface area contributed by atoms with E-state index in [-0.39, 0.29) is 45.7 Å². The first kappa shape index (κ1) is 21.4. The Labute approximate surface area is 305 Å². The van der Waals surface area contributed by atoms with Crippen LogP contribution in [0.1, 0.15) is 11.0 Å². The fourth-order valence-electron chi connectivity index (χ4n) is 8.06. The van der Waals surface area contributed by atoms with Crippen molar-refractivity contribution >= 4 is 75.8 Å². The Morgan fingerprint density at radius 2 is 0.863 bits per heavy atom. The molecule has 11 aromatic rings. The molecule has 0 bridgehead atoms. The lowest BCUT2D eigenvalue weighted by atomic mass is 9.83. The molecule has 0 N–H and O–H groups in total. The molecular formula is C50H30O. The summed E-state index contributed by atoms with van der Waals surface area (Å²) >= 11 is 0. The van der Waals surface area contributed by atoms with Gasteiger partial charge in [-0.25, -0.2) is 0 Å². The van der Waals surface area contributed by atoms with Crippen LogP contribution in [0.5, 0.6) is 0 Å². The van der Waals surface area contributed by atoms with Crippen LogP contribution in [0.2, 0.25) is 0 Å². The lowest BCUT2D eigenvalue weighted by molar-refractivity contribution is 0.670. The number of furan rings is 1. The van der Waals surface area contributed by atoms with Gasteiger partial charge in [0, 0.05) is 16.3 Å². The van der Waals surface area contributed by atoms with Gasteiger partial charge in [-0.3, -0.25) is 0 Å². The molecule has 11 rings (SSSR count). The van der Waals surface area contributed by atoms with E-state index in [0.717, 1.165) is 65.4 Å². The maximum absolute atomic E-state index is 9.52. The van der Waals surface area contributed by atoms with E-state index >= 15 is 0 Å². The highest BCUT2D eigenvalue weighted by Crippen LogP contribution is 2.47. The molecule has 51 heavy (non-hydrogen) atoms. The molecule has 0 aliphatic heterocycles. The summed E-state index contributed by atoms with van der Waals surface area (Å²) in [6.07, 6.45) is 0.